The maximum atomic E-state index is 6.36. The second kappa shape index (κ2) is 4.74. The van der Waals surface area contributed by atoms with Crippen LogP contribution >= 0.6 is 11.6 Å². The molecule has 16 heavy (non-hydrogen) atoms. The Hall–Kier alpha value is -0.570. The summed E-state index contributed by atoms with van der Waals surface area (Å²) < 4.78 is 0. The molecular formula is C13H19ClN2. The molecule has 2 rings (SSSR count). The third kappa shape index (κ3) is 2.76. The van der Waals surface area contributed by atoms with Gasteiger partial charge in [-0.2, -0.15) is 0 Å². The lowest BCUT2D eigenvalue weighted by atomic mass is 9.91. The summed E-state index contributed by atoms with van der Waals surface area (Å²) in [4.78, 5) is 2.30. The monoisotopic (exact) mass is 238 g/mol. The largest absolute Gasteiger partial charge is 0.324 e. The zero-order valence-electron chi connectivity index (χ0n) is 9.75. The minimum absolute atomic E-state index is 0.0199. The SMILES string of the molecule is CN1CCC(N)(CCc2ccccc2Cl)C1. The van der Waals surface area contributed by atoms with Crippen molar-refractivity contribution in [3.63, 3.8) is 0 Å². The minimum atomic E-state index is -0.0199. The Labute approximate surface area is 102 Å². The normalized spacial score (nSPS) is 26.2. The fraction of sp³-hybridized carbons (Fsp3) is 0.538. The van der Waals surface area contributed by atoms with E-state index in [2.05, 4.69) is 18.0 Å². The summed E-state index contributed by atoms with van der Waals surface area (Å²) in [5.41, 5.74) is 7.55. The molecule has 1 heterocycles. The zero-order chi connectivity index (χ0) is 11.6. The maximum Gasteiger partial charge on any atom is 0.0437 e. The first-order chi connectivity index (χ1) is 7.59. The highest BCUT2D eigenvalue weighted by atomic mass is 35.5. The van der Waals surface area contributed by atoms with Crippen molar-refractivity contribution in [1.29, 1.82) is 0 Å². The molecule has 1 aromatic rings. The first-order valence-corrected chi connectivity index (χ1v) is 6.18. The molecule has 0 spiro atoms. The first kappa shape index (κ1) is 11.9. The Morgan fingerprint density at radius 3 is 2.81 bits per heavy atom. The van der Waals surface area contributed by atoms with E-state index in [1.807, 2.05) is 18.2 Å². The summed E-state index contributed by atoms with van der Waals surface area (Å²) in [6.07, 6.45) is 3.08. The van der Waals surface area contributed by atoms with Crippen molar-refractivity contribution in [1.82, 2.24) is 4.90 Å². The Balaban J connectivity index is 1.95. The van der Waals surface area contributed by atoms with E-state index in [1.165, 1.54) is 5.56 Å². The number of hydrogen-bond donors (Lipinski definition) is 1. The predicted octanol–water partition coefficient (Wildman–Crippen LogP) is 2.31. The summed E-state index contributed by atoms with van der Waals surface area (Å²) in [6.45, 7) is 2.11. The van der Waals surface area contributed by atoms with E-state index >= 15 is 0 Å². The number of rotatable bonds is 3. The average molecular weight is 239 g/mol. The second-order valence-corrected chi connectivity index (χ2v) is 5.35. The lowest BCUT2D eigenvalue weighted by Gasteiger charge is -2.23. The van der Waals surface area contributed by atoms with Crippen LogP contribution in [0.15, 0.2) is 24.3 Å². The molecule has 0 bridgehead atoms. The molecule has 1 aliphatic heterocycles. The number of likely N-dealkylation sites (tertiary alicyclic amines) is 1. The van der Waals surface area contributed by atoms with Crippen molar-refractivity contribution in [2.45, 2.75) is 24.8 Å². The molecule has 0 aromatic heterocycles. The van der Waals surface area contributed by atoms with E-state index in [1.54, 1.807) is 0 Å². The zero-order valence-corrected chi connectivity index (χ0v) is 10.5. The summed E-state index contributed by atoms with van der Waals surface area (Å²) >= 11 is 6.13. The molecule has 0 radical (unpaired) electrons. The highest BCUT2D eigenvalue weighted by Crippen LogP contribution is 2.25. The van der Waals surface area contributed by atoms with Gasteiger partial charge in [0.2, 0.25) is 0 Å². The predicted molar refractivity (Wildman–Crippen MR) is 68.8 cm³/mol. The van der Waals surface area contributed by atoms with Crippen LogP contribution in [0, 0.1) is 0 Å². The molecule has 1 saturated heterocycles. The quantitative estimate of drug-likeness (QED) is 0.876. The van der Waals surface area contributed by atoms with E-state index in [4.69, 9.17) is 17.3 Å². The highest BCUT2D eigenvalue weighted by molar-refractivity contribution is 6.31. The van der Waals surface area contributed by atoms with Gasteiger partial charge in [0.05, 0.1) is 0 Å². The van der Waals surface area contributed by atoms with Crippen molar-refractivity contribution in [2.75, 3.05) is 20.1 Å². The van der Waals surface area contributed by atoms with Crippen molar-refractivity contribution in [2.24, 2.45) is 5.73 Å². The van der Waals surface area contributed by atoms with Crippen molar-refractivity contribution >= 4 is 11.6 Å². The van der Waals surface area contributed by atoms with E-state index in [-0.39, 0.29) is 5.54 Å². The molecule has 1 aliphatic rings. The molecule has 2 N–H and O–H groups in total. The maximum absolute atomic E-state index is 6.36. The van der Waals surface area contributed by atoms with Gasteiger partial charge in [-0.1, -0.05) is 29.8 Å². The fourth-order valence-electron chi connectivity index (χ4n) is 2.40. The molecule has 1 fully saturated rings. The number of nitrogens with zero attached hydrogens (tertiary/aromatic N) is 1. The number of halogens is 1. The van der Waals surface area contributed by atoms with Crippen molar-refractivity contribution < 1.29 is 0 Å². The van der Waals surface area contributed by atoms with Crippen molar-refractivity contribution in [3.8, 4) is 0 Å². The van der Waals surface area contributed by atoms with Gasteiger partial charge in [-0.15, -0.1) is 0 Å². The van der Waals surface area contributed by atoms with Crippen LogP contribution < -0.4 is 5.73 Å². The number of likely N-dealkylation sites (N-methyl/N-ethyl adjacent to an activating group) is 1. The molecule has 2 nitrogen and oxygen atoms in total. The van der Waals surface area contributed by atoms with Crippen molar-refractivity contribution in [3.05, 3.63) is 34.9 Å². The minimum Gasteiger partial charge on any atom is -0.324 e. The summed E-state index contributed by atoms with van der Waals surface area (Å²) in [7, 11) is 2.13. The lowest BCUT2D eigenvalue weighted by Crippen LogP contribution is -2.42. The van der Waals surface area contributed by atoms with Gasteiger partial charge in [0.1, 0.15) is 0 Å². The highest BCUT2D eigenvalue weighted by Gasteiger charge is 2.32. The second-order valence-electron chi connectivity index (χ2n) is 4.94. The van der Waals surface area contributed by atoms with E-state index in [0.717, 1.165) is 37.4 Å². The van der Waals surface area contributed by atoms with Gasteiger partial charge >= 0.3 is 0 Å². The van der Waals surface area contributed by atoms with Gasteiger partial charge in [0.15, 0.2) is 0 Å². The molecular weight excluding hydrogens is 220 g/mol. The molecule has 88 valence electrons. The van der Waals surface area contributed by atoms with Gasteiger partial charge in [0.25, 0.3) is 0 Å². The average Bonchev–Trinajstić information content (AvgIpc) is 2.58. The van der Waals surface area contributed by atoms with Gasteiger partial charge in [-0.05, 0) is 44.5 Å². The Morgan fingerprint density at radius 1 is 1.44 bits per heavy atom. The Bertz CT molecular complexity index is 367. The Morgan fingerprint density at radius 2 is 2.19 bits per heavy atom. The Kier molecular flexibility index (Phi) is 3.53. The molecule has 0 amide bonds. The number of benzene rings is 1. The van der Waals surface area contributed by atoms with E-state index < -0.39 is 0 Å². The molecule has 1 atom stereocenters. The molecule has 0 saturated carbocycles. The summed E-state index contributed by atoms with van der Waals surface area (Å²) in [5, 5.41) is 0.859. The van der Waals surface area contributed by atoms with Crippen LogP contribution in [0.2, 0.25) is 5.02 Å². The van der Waals surface area contributed by atoms with Crippen LogP contribution in [0.1, 0.15) is 18.4 Å². The van der Waals surface area contributed by atoms with Gasteiger partial charge in [-0.25, -0.2) is 0 Å². The van der Waals surface area contributed by atoms with E-state index in [9.17, 15) is 0 Å². The molecule has 0 aliphatic carbocycles. The molecule has 1 unspecified atom stereocenters. The van der Waals surface area contributed by atoms with Crippen LogP contribution in [0.3, 0.4) is 0 Å². The van der Waals surface area contributed by atoms with Crippen LogP contribution in [-0.4, -0.2) is 30.6 Å². The molecule has 1 aromatic carbocycles. The summed E-state index contributed by atoms with van der Waals surface area (Å²) in [6, 6.07) is 8.03. The standard InChI is InChI=1S/C13H19ClN2/c1-16-9-8-13(15,10-16)7-6-11-4-2-3-5-12(11)14/h2-5H,6-10,15H2,1H3. The number of nitrogens with two attached hydrogens (primary N) is 1. The first-order valence-electron chi connectivity index (χ1n) is 5.80. The van der Waals surface area contributed by atoms with Crippen LogP contribution in [-0.2, 0) is 6.42 Å². The fourth-order valence-corrected chi connectivity index (χ4v) is 2.63. The van der Waals surface area contributed by atoms with Crippen LogP contribution in [0.4, 0.5) is 0 Å². The van der Waals surface area contributed by atoms with Crippen LogP contribution in [0.5, 0.6) is 0 Å². The van der Waals surface area contributed by atoms with Crippen LogP contribution in [0.25, 0.3) is 0 Å². The third-order valence-electron chi connectivity index (χ3n) is 3.43. The smallest absolute Gasteiger partial charge is 0.0437 e. The topological polar surface area (TPSA) is 29.3 Å². The van der Waals surface area contributed by atoms with Gasteiger partial charge < -0.3 is 10.6 Å². The summed E-state index contributed by atoms with van der Waals surface area (Å²) in [5.74, 6) is 0. The third-order valence-corrected chi connectivity index (χ3v) is 3.80. The number of hydrogen-bond acceptors (Lipinski definition) is 2. The van der Waals surface area contributed by atoms with Gasteiger partial charge in [0, 0.05) is 17.1 Å². The van der Waals surface area contributed by atoms with Gasteiger partial charge in [-0.3, -0.25) is 0 Å². The molecule has 3 heteroatoms. The lowest BCUT2D eigenvalue weighted by molar-refractivity contribution is 0.354. The number of aryl methyl sites for hydroxylation is 1. The van der Waals surface area contributed by atoms with E-state index in [0.29, 0.717) is 0 Å².